The first-order valence-corrected chi connectivity index (χ1v) is 7.48. The van der Waals surface area contributed by atoms with Gasteiger partial charge in [0.15, 0.2) is 0 Å². The summed E-state index contributed by atoms with van der Waals surface area (Å²) in [6.07, 6.45) is 0.675. The van der Waals surface area contributed by atoms with Gasteiger partial charge in [0, 0.05) is 24.8 Å². The Bertz CT molecular complexity index is 746. The minimum absolute atomic E-state index is 0.173. The number of anilines is 1. The van der Waals surface area contributed by atoms with Crippen molar-refractivity contribution in [2.45, 2.75) is 6.42 Å². The standard InChI is InChI=1S/C18H18N4O2/c1-20-17(23)15-6-8-16(9-7-15)22-18(24)21-11-10-13-2-4-14(12-19)5-3-13/h2-9H,10-11H2,1H3,(H,20,23)(H2,21,22,24). The van der Waals surface area contributed by atoms with Crippen LogP contribution in [0.25, 0.3) is 0 Å². The number of rotatable bonds is 5. The monoisotopic (exact) mass is 322 g/mol. The van der Waals surface area contributed by atoms with Gasteiger partial charge in [-0.15, -0.1) is 0 Å². The molecule has 2 aromatic carbocycles. The maximum atomic E-state index is 11.8. The Labute approximate surface area is 140 Å². The molecule has 6 heteroatoms. The Hall–Kier alpha value is -3.33. The topological polar surface area (TPSA) is 94.0 Å². The number of hydrogen-bond acceptors (Lipinski definition) is 3. The Morgan fingerprint density at radius 3 is 2.29 bits per heavy atom. The molecule has 0 bridgehead atoms. The molecule has 0 spiro atoms. The van der Waals surface area contributed by atoms with Crippen LogP contribution < -0.4 is 16.0 Å². The van der Waals surface area contributed by atoms with Gasteiger partial charge in [0.1, 0.15) is 0 Å². The van der Waals surface area contributed by atoms with Crippen molar-refractivity contribution in [1.29, 1.82) is 5.26 Å². The summed E-state index contributed by atoms with van der Waals surface area (Å²) in [6, 6.07) is 15.6. The highest BCUT2D eigenvalue weighted by molar-refractivity contribution is 5.95. The molecule has 2 aromatic rings. The molecule has 0 aliphatic rings. The highest BCUT2D eigenvalue weighted by Gasteiger charge is 2.04. The lowest BCUT2D eigenvalue weighted by atomic mass is 10.1. The van der Waals surface area contributed by atoms with Crippen molar-refractivity contribution in [2.75, 3.05) is 18.9 Å². The summed E-state index contributed by atoms with van der Waals surface area (Å²) < 4.78 is 0. The summed E-state index contributed by atoms with van der Waals surface area (Å²) in [5.74, 6) is -0.173. The fourth-order valence-corrected chi connectivity index (χ4v) is 2.09. The molecule has 3 amide bonds. The molecule has 24 heavy (non-hydrogen) atoms. The second-order valence-corrected chi connectivity index (χ2v) is 5.10. The minimum Gasteiger partial charge on any atom is -0.355 e. The van der Waals surface area contributed by atoms with E-state index < -0.39 is 0 Å². The van der Waals surface area contributed by atoms with E-state index in [1.165, 1.54) is 0 Å². The van der Waals surface area contributed by atoms with E-state index in [0.717, 1.165) is 5.56 Å². The van der Waals surface area contributed by atoms with Crippen LogP contribution in [0, 0.1) is 11.3 Å². The maximum absolute atomic E-state index is 11.8. The van der Waals surface area contributed by atoms with Crippen molar-refractivity contribution in [3.63, 3.8) is 0 Å². The predicted molar refractivity (Wildman–Crippen MR) is 91.7 cm³/mol. The van der Waals surface area contributed by atoms with Gasteiger partial charge < -0.3 is 16.0 Å². The third kappa shape index (κ3) is 4.85. The molecule has 122 valence electrons. The molecule has 0 unspecified atom stereocenters. The molecule has 0 aliphatic carbocycles. The normalized spacial score (nSPS) is 9.67. The summed E-state index contributed by atoms with van der Waals surface area (Å²) in [5.41, 5.74) is 2.80. The lowest BCUT2D eigenvalue weighted by molar-refractivity contribution is 0.0963. The summed E-state index contributed by atoms with van der Waals surface area (Å²) in [6.45, 7) is 0.480. The molecule has 0 radical (unpaired) electrons. The van der Waals surface area contributed by atoms with Crippen molar-refractivity contribution >= 4 is 17.6 Å². The van der Waals surface area contributed by atoms with E-state index in [2.05, 4.69) is 22.0 Å². The number of carbonyl (C=O) groups is 2. The van der Waals surface area contributed by atoms with Crippen LogP contribution in [0.15, 0.2) is 48.5 Å². The predicted octanol–water partition coefficient (Wildman–Crippen LogP) is 2.28. The molecule has 3 N–H and O–H groups in total. The third-order valence-electron chi connectivity index (χ3n) is 3.41. The number of urea groups is 1. The SMILES string of the molecule is CNC(=O)c1ccc(NC(=O)NCCc2ccc(C#N)cc2)cc1. The highest BCUT2D eigenvalue weighted by atomic mass is 16.2. The van der Waals surface area contributed by atoms with Gasteiger partial charge in [0.2, 0.25) is 0 Å². The molecule has 0 fully saturated rings. The number of hydrogen-bond donors (Lipinski definition) is 3. The van der Waals surface area contributed by atoms with Gasteiger partial charge >= 0.3 is 6.03 Å². The van der Waals surface area contributed by atoms with E-state index in [4.69, 9.17) is 5.26 Å². The number of benzene rings is 2. The van der Waals surface area contributed by atoms with E-state index in [0.29, 0.717) is 29.8 Å². The van der Waals surface area contributed by atoms with Gasteiger partial charge in [0.25, 0.3) is 5.91 Å². The Morgan fingerprint density at radius 2 is 1.71 bits per heavy atom. The van der Waals surface area contributed by atoms with Crippen molar-refractivity contribution < 1.29 is 9.59 Å². The van der Waals surface area contributed by atoms with Crippen LogP contribution in [0.1, 0.15) is 21.5 Å². The average Bonchev–Trinajstić information content (AvgIpc) is 2.62. The van der Waals surface area contributed by atoms with Crippen LogP contribution in [0.4, 0.5) is 10.5 Å². The fraction of sp³-hybridized carbons (Fsp3) is 0.167. The van der Waals surface area contributed by atoms with Crippen molar-refractivity contribution in [3.05, 3.63) is 65.2 Å². The van der Waals surface area contributed by atoms with Gasteiger partial charge in [-0.1, -0.05) is 12.1 Å². The molecule has 0 saturated heterocycles. The second-order valence-electron chi connectivity index (χ2n) is 5.10. The van der Waals surface area contributed by atoms with Crippen LogP contribution in [-0.2, 0) is 6.42 Å². The van der Waals surface area contributed by atoms with Crippen LogP contribution in [-0.4, -0.2) is 25.5 Å². The zero-order chi connectivity index (χ0) is 17.4. The van der Waals surface area contributed by atoms with Crippen LogP contribution >= 0.6 is 0 Å². The Kier molecular flexibility index (Phi) is 5.92. The molecule has 0 atom stereocenters. The first-order valence-electron chi connectivity index (χ1n) is 7.48. The molecule has 0 aliphatic heterocycles. The molecular weight excluding hydrogens is 304 g/mol. The number of nitrogens with one attached hydrogen (secondary N) is 3. The second kappa shape index (κ2) is 8.34. The lowest BCUT2D eigenvalue weighted by Crippen LogP contribution is -2.30. The highest BCUT2D eigenvalue weighted by Crippen LogP contribution is 2.09. The van der Waals surface area contributed by atoms with Gasteiger partial charge in [-0.3, -0.25) is 4.79 Å². The summed E-state index contributed by atoms with van der Waals surface area (Å²) in [7, 11) is 1.57. The van der Waals surface area contributed by atoms with Gasteiger partial charge in [-0.2, -0.15) is 5.26 Å². The molecule has 0 heterocycles. The third-order valence-corrected chi connectivity index (χ3v) is 3.41. The van der Waals surface area contributed by atoms with E-state index in [-0.39, 0.29) is 11.9 Å². The number of carbonyl (C=O) groups excluding carboxylic acids is 2. The Balaban J connectivity index is 1.78. The van der Waals surface area contributed by atoms with Gasteiger partial charge in [-0.05, 0) is 48.4 Å². The maximum Gasteiger partial charge on any atom is 0.319 e. The summed E-state index contributed by atoms with van der Waals surface area (Å²) >= 11 is 0. The summed E-state index contributed by atoms with van der Waals surface area (Å²) in [4.78, 5) is 23.3. The van der Waals surface area contributed by atoms with Crippen LogP contribution in [0.5, 0.6) is 0 Å². The molecular formula is C18H18N4O2. The largest absolute Gasteiger partial charge is 0.355 e. The minimum atomic E-state index is -0.309. The van der Waals surface area contributed by atoms with Crippen molar-refractivity contribution in [2.24, 2.45) is 0 Å². The number of nitrogens with zero attached hydrogens (tertiary/aromatic N) is 1. The number of amides is 3. The molecule has 0 saturated carbocycles. The summed E-state index contributed by atoms with van der Waals surface area (Å²) in [5, 5.41) is 16.7. The molecule has 2 rings (SSSR count). The zero-order valence-corrected chi connectivity index (χ0v) is 13.3. The van der Waals surface area contributed by atoms with Gasteiger partial charge in [0.05, 0.1) is 11.6 Å². The fourth-order valence-electron chi connectivity index (χ4n) is 2.09. The van der Waals surface area contributed by atoms with Crippen LogP contribution in [0.2, 0.25) is 0 Å². The smallest absolute Gasteiger partial charge is 0.319 e. The quantitative estimate of drug-likeness (QED) is 0.788. The van der Waals surface area contributed by atoms with Crippen molar-refractivity contribution in [1.82, 2.24) is 10.6 Å². The van der Waals surface area contributed by atoms with E-state index in [1.807, 2.05) is 12.1 Å². The lowest BCUT2D eigenvalue weighted by Gasteiger charge is -2.08. The zero-order valence-electron chi connectivity index (χ0n) is 13.3. The average molecular weight is 322 g/mol. The van der Waals surface area contributed by atoms with Gasteiger partial charge in [-0.25, -0.2) is 4.79 Å². The van der Waals surface area contributed by atoms with E-state index in [9.17, 15) is 9.59 Å². The van der Waals surface area contributed by atoms with E-state index in [1.54, 1.807) is 43.4 Å². The van der Waals surface area contributed by atoms with Crippen LogP contribution in [0.3, 0.4) is 0 Å². The van der Waals surface area contributed by atoms with E-state index >= 15 is 0 Å². The molecule has 6 nitrogen and oxygen atoms in total. The first kappa shape index (κ1) is 17.0. The first-order chi connectivity index (χ1) is 11.6. The molecule has 0 aromatic heterocycles. The van der Waals surface area contributed by atoms with Crippen molar-refractivity contribution in [3.8, 4) is 6.07 Å². The number of nitriles is 1. The Morgan fingerprint density at radius 1 is 1.04 bits per heavy atom.